The second kappa shape index (κ2) is 6.86. The molecule has 1 aromatic rings. The molecule has 1 aliphatic rings. The molecule has 1 heterocycles. The molecular weight excluding hydrogens is 254 g/mol. The smallest absolute Gasteiger partial charge is 0.302 e. The Morgan fingerprint density at radius 1 is 1.30 bits per heavy atom. The molecule has 20 heavy (non-hydrogen) atoms. The van der Waals surface area contributed by atoms with Gasteiger partial charge in [-0.05, 0) is 25.3 Å². The van der Waals surface area contributed by atoms with Gasteiger partial charge in [-0.2, -0.15) is 0 Å². The number of aliphatic hydroxyl groups is 1. The van der Waals surface area contributed by atoms with Crippen molar-refractivity contribution in [3.63, 3.8) is 0 Å². The number of carbonyl (C=O) groups is 1. The first-order valence-electron chi connectivity index (χ1n) is 7.15. The van der Waals surface area contributed by atoms with Crippen molar-refractivity contribution >= 4 is 5.97 Å². The minimum Gasteiger partial charge on any atom is -0.464 e. The monoisotopic (exact) mass is 277 g/mol. The highest BCUT2D eigenvalue weighted by atomic mass is 16.5. The summed E-state index contributed by atoms with van der Waals surface area (Å²) >= 11 is 0. The Bertz CT molecular complexity index is 444. The predicted octanol–water partition coefficient (Wildman–Crippen LogP) is 1.88. The van der Waals surface area contributed by atoms with Gasteiger partial charge in [-0.3, -0.25) is 9.69 Å². The van der Waals surface area contributed by atoms with Crippen molar-refractivity contribution in [2.75, 3.05) is 13.2 Å². The van der Waals surface area contributed by atoms with E-state index in [0.29, 0.717) is 6.61 Å². The summed E-state index contributed by atoms with van der Waals surface area (Å²) in [6.07, 6.45) is 1.92. The van der Waals surface area contributed by atoms with E-state index < -0.39 is 0 Å². The van der Waals surface area contributed by atoms with E-state index in [4.69, 9.17) is 4.74 Å². The quantitative estimate of drug-likeness (QED) is 0.835. The number of benzene rings is 1. The first-order valence-corrected chi connectivity index (χ1v) is 7.15. The Balaban J connectivity index is 2.03. The standard InChI is InChI=1S/C16H23NO3/c1-12-3-5-14(6-4-12)9-17-15(10-18)7-8-16(17)11-20-13(2)19/h3-6,15-16,18H,7-11H2,1-2H3/t15-,16-/m0/s1. The second-order valence-electron chi connectivity index (χ2n) is 5.53. The van der Waals surface area contributed by atoms with Gasteiger partial charge in [-0.25, -0.2) is 0 Å². The summed E-state index contributed by atoms with van der Waals surface area (Å²) in [4.78, 5) is 13.2. The second-order valence-corrected chi connectivity index (χ2v) is 5.53. The molecule has 2 atom stereocenters. The van der Waals surface area contributed by atoms with E-state index >= 15 is 0 Å². The fourth-order valence-electron chi connectivity index (χ4n) is 2.77. The molecule has 0 radical (unpaired) electrons. The number of aliphatic hydroxyl groups excluding tert-OH is 1. The van der Waals surface area contributed by atoms with E-state index in [9.17, 15) is 9.90 Å². The first-order chi connectivity index (χ1) is 9.60. The van der Waals surface area contributed by atoms with Gasteiger partial charge in [0, 0.05) is 25.6 Å². The lowest BCUT2D eigenvalue weighted by Crippen LogP contribution is -2.40. The summed E-state index contributed by atoms with van der Waals surface area (Å²) in [6, 6.07) is 8.80. The fraction of sp³-hybridized carbons (Fsp3) is 0.562. The average Bonchev–Trinajstić information content (AvgIpc) is 2.81. The average molecular weight is 277 g/mol. The molecule has 4 heteroatoms. The van der Waals surface area contributed by atoms with Crippen LogP contribution in [0.1, 0.15) is 30.9 Å². The first kappa shape index (κ1) is 15.0. The number of esters is 1. The Morgan fingerprint density at radius 2 is 1.95 bits per heavy atom. The molecule has 0 bridgehead atoms. The van der Waals surface area contributed by atoms with Gasteiger partial charge >= 0.3 is 5.97 Å². The van der Waals surface area contributed by atoms with Crippen LogP contribution in [0, 0.1) is 6.92 Å². The third kappa shape index (κ3) is 3.81. The molecular formula is C16H23NO3. The zero-order valence-corrected chi connectivity index (χ0v) is 12.2. The number of aryl methyl sites for hydroxylation is 1. The molecule has 1 aliphatic heterocycles. The largest absolute Gasteiger partial charge is 0.464 e. The summed E-state index contributed by atoms with van der Waals surface area (Å²) in [5.74, 6) is -0.243. The van der Waals surface area contributed by atoms with E-state index in [2.05, 4.69) is 36.1 Å². The molecule has 1 N–H and O–H groups in total. The van der Waals surface area contributed by atoms with Crippen LogP contribution in [0.3, 0.4) is 0 Å². The maximum atomic E-state index is 11.0. The molecule has 0 amide bonds. The molecule has 4 nitrogen and oxygen atoms in total. The highest BCUT2D eigenvalue weighted by Crippen LogP contribution is 2.26. The summed E-state index contributed by atoms with van der Waals surface area (Å²) in [5, 5.41) is 9.50. The minimum atomic E-state index is -0.243. The van der Waals surface area contributed by atoms with Crippen molar-refractivity contribution in [2.45, 2.75) is 45.3 Å². The maximum Gasteiger partial charge on any atom is 0.302 e. The molecule has 2 rings (SSSR count). The summed E-state index contributed by atoms with van der Waals surface area (Å²) < 4.78 is 5.14. The van der Waals surface area contributed by atoms with Crippen LogP contribution in [0.25, 0.3) is 0 Å². The van der Waals surface area contributed by atoms with Gasteiger partial charge in [0.05, 0.1) is 6.61 Å². The van der Waals surface area contributed by atoms with Gasteiger partial charge in [-0.1, -0.05) is 29.8 Å². The third-order valence-electron chi connectivity index (χ3n) is 3.95. The molecule has 1 fully saturated rings. The Hall–Kier alpha value is -1.39. The summed E-state index contributed by atoms with van der Waals surface area (Å²) in [6.45, 7) is 4.86. The van der Waals surface area contributed by atoms with Crippen LogP contribution in [-0.4, -0.2) is 41.3 Å². The van der Waals surface area contributed by atoms with E-state index in [1.165, 1.54) is 18.1 Å². The molecule has 0 aromatic heterocycles. The molecule has 0 unspecified atom stereocenters. The third-order valence-corrected chi connectivity index (χ3v) is 3.95. The fourth-order valence-corrected chi connectivity index (χ4v) is 2.77. The Labute approximate surface area is 120 Å². The number of hydrogen-bond acceptors (Lipinski definition) is 4. The highest BCUT2D eigenvalue weighted by Gasteiger charge is 2.33. The number of hydrogen-bond donors (Lipinski definition) is 1. The minimum absolute atomic E-state index is 0.155. The lowest BCUT2D eigenvalue weighted by atomic mass is 10.1. The van der Waals surface area contributed by atoms with Crippen molar-refractivity contribution in [1.82, 2.24) is 4.90 Å². The SMILES string of the molecule is CC(=O)OC[C@@H]1CC[C@@H](CO)N1Cc1ccc(C)cc1. The zero-order valence-electron chi connectivity index (χ0n) is 12.2. The molecule has 0 spiro atoms. The van der Waals surface area contributed by atoms with Crippen LogP contribution in [0.5, 0.6) is 0 Å². The van der Waals surface area contributed by atoms with Gasteiger partial charge in [-0.15, -0.1) is 0 Å². The number of rotatable bonds is 5. The number of likely N-dealkylation sites (tertiary alicyclic amines) is 1. The number of ether oxygens (including phenoxy) is 1. The van der Waals surface area contributed by atoms with Crippen molar-refractivity contribution < 1.29 is 14.6 Å². The lowest BCUT2D eigenvalue weighted by molar-refractivity contribution is -0.142. The van der Waals surface area contributed by atoms with Crippen LogP contribution in [0.2, 0.25) is 0 Å². The van der Waals surface area contributed by atoms with Crippen molar-refractivity contribution in [2.24, 2.45) is 0 Å². The van der Waals surface area contributed by atoms with Crippen molar-refractivity contribution in [3.8, 4) is 0 Å². The van der Waals surface area contributed by atoms with E-state index in [-0.39, 0.29) is 24.7 Å². The van der Waals surface area contributed by atoms with Gasteiger partial charge in [0.1, 0.15) is 6.61 Å². The van der Waals surface area contributed by atoms with Gasteiger partial charge in [0.15, 0.2) is 0 Å². The number of carbonyl (C=O) groups excluding carboxylic acids is 1. The highest BCUT2D eigenvalue weighted by molar-refractivity contribution is 5.65. The molecule has 110 valence electrons. The molecule has 0 aliphatic carbocycles. The zero-order chi connectivity index (χ0) is 14.5. The Kier molecular flexibility index (Phi) is 5.15. The Morgan fingerprint density at radius 3 is 2.55 bits per heavy atom. The van der Waals surface area contributed by atoms with Gasteiger partial charge in [0.2, 0.25) is 0 Å². The van der Waals surface area contributed by atoms with Crippen molar-refractivity contribution in [3.05, 3.63) is 35.4 Å². The maximum absolute atomic E-state index is 11.0. The van der Waals surface area contributed by atoms with E-state index in [1.807, 2.05) is 0 Å². The lowest BCUT2D eigenvalue weighted by Gasteiger charge is -2.29. The van der Waals surface area contributed by atoms with Crippen molar-refractivity contribution in [1.29, 1.82) is 0 Å². The summed E-state index contributed by atoms with van der Waals surface area (Å²) in [5.41, 5.74) is 2.47. The molecule has 1 saturated heterocycles. The predicted molar refractivity (Wildman–Crippen MR) is 77.3 cm³/mol. The van der Waals surface area contributed by atoms with Crippen LogP contribution in [0.15, 0.2) is 24.3 Å². The van der Waals surface area contributed by atoms with Gasteiger partial charge < -0.3 is 9.84 Å². The normalized spacial score (nSPS) is 22.9. The topological polar surface area (TPSA) is 49.8 Å². The number of nitrogens with zero attached hydrogens (tertiary/aromatic N) is 1. The van der Waals surface area contributed by atoms with Crippen LogP contribution < -0.4 is 0 Å². The summed E-state index contributed by atoms with van der Waals surface area (Å²) in [7, 11) is 0. The van der Waals surface area contributed by atoms with Crippen LogP contribution >= 0.6 is 0 Å². The molecule has 0 saturated carbocycles. The van der Waals surface area contributed by atoms with Crippen LogP contribution in [-0.2, 0) is 16.1 Å². The van der Waals surface area contributed by atoms with E-state index in [0.717, 1.165) is 19.4 Å². The van der Waals surface area contributed by atoms with Gasteiger partial charge in [0.25, 0.3) is 0 Å². The van der Waals surface area contributed by atoms with Crippen LogP contribution in [0.4, 0.5) is 0 Å². The van der Waals surface area contributed by atoms with E-state index in [1.54, 1.807) is 0 Å². The molecule has 1 aromatic carbocycles.